The third kappa shape index (κ3) is 3.67. The molecule has 0 aliphatic heterocycles. The minimum atomic E-state index is -0.661. The van der Waals surface area contributed by atoms with E-state index >= 15 is 0 Å². The Hall–Kier alpha value is -0.830. The van der Waals surface area contributed by atoms with Crippen molar-refractivity contribution in [2.45, 2.75) is 27.2 Å². The van der Waals surface area contributed by atoms with E-state index in [4.69, 9.17) is 5.11 Å². The fourth-order valence-corrected chi connectivity index (χ4v) is 1.79. The average Bonchev–Trinajstić information content (AvgIpc) is 2.66. The summed E-state index contributed by atoms with van der Waals surface area (Å²) in [6.45, 7) is 6.08. The molecule has 0 bridgehead atoms. The molecule has 0 radical (unpaired) electrons. The Morgan fingerprint density at radius 2 is 1.93 bits per heavy atom. The Labute approximate surface area is 92.1 Å². The summed E-state index contributed by atoms with van der Waals surface area (Å²) < 4.78 is 4.25. The lowest BCUT2D eigenvalue weighted by atomic mass is 10.1. The number of rotatable bonds is 3. The molecule has 1 N–H and O–H groups in total. The molecule has 0 aromatic rings. The summed E-state index contributed by atoms with van der Waals surface area (Å²) >= 11 is 0. The third-order valence-corrected chi connectivity index (χ3v) is 2.76. The van der Waals surface area contributed by atoms with Crippen LogP contribution in [0, 0.1) is 17.3 Å². The van der Waals surface area contributed by atoms with Gasteiger partial charge >= 0.3 is 5.97 Å². The van der Waals surface area contributed by atoms with Crippen molar-refractivity contribution in [3.63, 3.8) is 0 Å². The maximum atomic E-state index is 10.7. The first-order chi connectivity index (χ1) is 6.93. The second-order valence-corrected chi connectivity index (χ2v) is 4.41. The predicted molar refractivity (Wildman–Crippen MR) is 60.8 cm³/mol. The zero-order chi connectivity index (χ0) is 12.1. The molecule has 0 amide bonds. The summed E-state index contributed by atoms with van der Waals surface area (Å²) in [5.41, 5.74) is -0.0303. The quantitative estimate of drug-likeness (QED) is 0.734. The molecule has 1 saturated carbocycles. The van der Waals surface area contributed by atoms with Gasteiger partial charge in [-0.3, -0.25) is 4.79 Å². The number of carboxylic acids is 1. The van der Waals surface area contributed by atoms with Crippen LogP contribution in [0.15, 0.2) is 12.2 Å². The highest BCUT2D eigenvalue weighted by Crippen LogP contribution is 2.59. The van der Waals surface area contributed by atoms with Gasteiger partial charge in [0.15, 0.2) is 0 Å². The van der Waals surface area contributed by atoms with Crippen molar-refractivity contribution in [2.24, 2.45) is 17.3 Å². The molecular formula is C12H22O3. The fourth-order valence-electron chi connectivity index (χ4n) is 1.79. The first-order valence-electron chi connectivity index (χ1n) is 5.23. The van der Waals surface area contributed by atoms with Crippen LogP contribution in [-0.2, 0) is 9.53 Å². The van der Waals surface area contributed by atoms with Crippen LogP contribution in [0.25, 0.3) is 0 Å². The van der Waals surface area contributed by atoms with Crippen molar-refractivity contribution in [3.05, 3.63) is 12.2 Å². The highest BCUT2D eigenvalue weighted by molar-refractivity contribution is 5.76. The van der Waals surface area contributed by atoms with Gasteiger partial charge in [0.1, 0.15) is 0 Å². The maximum Gasteiger partial charge on any atom is 0.307 e. The number of ether oxygens (including phenoxy) is 1. The van der Waals surface area contributed by atoms with Crippen LogP contribution < -0.4 is 0 Å². The van der Waals surface area contributed by atoms with Crippen LogP contribution >= 0.6 is 0 Å². The van der Waals surface area contributed by atoms with Gasteiger partial charge in [-0.2, -0.15) is 0 Å². The maximum absolute atomic E-state index is 10.7. The van der Waals surface area contributed by atoms with Crippen LogP contribution in [0.3, 0.4) is 0 Å². The van der Waals surface area contributed by atoms with Crippen LogP contribution in [0.4, 0.5) is 0 Å². The number of allylic oxidation sites excluding steroid dienone is 2. The number of carbonyl (C=O) groups is 1. The molecule has 0 aromatic carbocycles. The van der Waals surface area contributed by atoms with Crippen LogP contribution in [0.5, 0.6) is 0 Å². The second kappa shape index (κ2) is 5.91. The van der Waals surface area contributed by atoms with Crippen molar-refractivity contribution in [1.29, 1.82) is 0 Å². The van der Waals surface area contributed by atoms with Gasteiger partial charge in [0, 0.05) is 14.2 Å². The van der Waals surface area contributed by atoms with Crippen LogP contribution in [-0.4, -0.2) is 25.3 Å². The first kappa shape index (κ1) is 14.2. The van der Waals surface area contributed by atoms with Gasteiger partial charge in [-0.05, 0) is 17.8 Å². The SMILES string of the molecule is CC/C=C/C1C(C(=O)O)C1(C)C.COC. The van der Waals surface area contributed by atoms with Gasteiger partial charge in [-0.25, -0.2) is 0 Å². The normalized spacial score (nSPS) is 27.0. The topological polar surface area (TPSA) is 46.5 Å². The molecule has 2 unspecified atom stereocenters. The van der Waals surface area contributed by atoms with Crippen molar-refractivity contribution in [1.82, 2.24) is 0 Å². The lowest BCUT2D eigenvalue weighted by Gasteiger charge is -1.95. The molecule has 15 heavy (non-hydrogen) atoms. The van der Waals surface area contributed by atoms with Gasteiger partial charge in [-0.1, -0.05) is 32.9 Å². The Bertz CT molecular complexity index is 231. The fraction of sp³-hybridized carbons (Fsp3) is 0.750. The molecule has 3 nitrogen and oxygen atoms in total. The van der Waals surface area contributed by atoms with Crippen LogP contribution in [0.1, 0.15) is 27.2 Å². The highest BCUT2D eigenvalue weighted by Gasteiger charge is 2.60. The summed E-state index contributed by atoms with van der Waals surface area (Å²) in [5.74, 6) is -0.582. The minimum absolute atomic E-state index is 0.0303. The van der Waals surface area contributed by atoms with E-state index in [0.717, 1.165) is 6.42 Å². The molecule has 0 spiro atoms. The molecule has 88 valence electrons. The van der Waals surface area contributed by atoms with Crippen molar-refractivity contribution < 1.29 is 14.6 Å². The van der Waals surface area contributed by atoms with Crippen LogP contribution in [0.2, 0.25) is 0 Å². The van der Waals surface area contributed by atoms with E-state index in [-0.39, 0.29) is 17.3 Å². The Kier molecular flexibility index (Phi) is 5.58. The van der Waals surface area contributed by atoms with E-state index in [9.17, 15) is 4.79 Å². The van der Waals surface area contributed by atoms with E-state index in [1.54, 1.807) is 14.2 Å². The molecular weight excluding hydrogens is 192 g/mol. The van der Waals surface area contributed by atoms with Gasteiger partial charge in [-0.15, -0.1) is 0 Å². The summed E-state index contributed by atoms with van der Waals surface area (Å²) in [7, 11) is 3.25. The molecule has 1 rings (SSSR count). The zero-order valence-corrected chi connectivity index (χ0v) is 10.3. The number of aliphatic carboxylic acids is 1. The van der Waals surface area contributed by atoms with Crippen molar-refractivity contribution in [3.8, 4) is 0 Å². The molecule has 1 aliphatic rings. The van der Waals surface area contributed by atoms with Gasteiger partial charge in [0.2, 0.25) is 0 Å². The highest BCUT2D eigenvalue weighted by atomic mass is 16.4. The smallest absolute Gasteiger partial charge is 0.307 e. The molecule has 1 aliphatic carbocycles. The monoisotopic (exact) mass is 214 g/mol. The van der Waals surface area contributed by atoms with E-state index in [1.165, 1.54) is 0 Å². The summed E-state index contributed by atoms with van der Waals surface area (Å²) in [6.07, 6.45) is 5.08. The minimum Gasteiger partial charge on any atom is -0.481 e. The molecule has 1 fully saturated rings. The molecule has 0 aromatic heterocycles. The second-order valence-electron chi connectivity index (χ2n) is 4.41. The number of hydrogen-bond acceptors (Lipinski definition) is 2. The van der Waals surface area contributed by atoms with E-state index in [1.807, 2.05) is 19.9 Å². The molecule has 2 atom stereocenters. The summed E-state index contributed by atoms with van der Waals surface area (Å²) in [6, 6.07) is 0. The Morgan fingerprint density at radius 1 is 1.47 bits per heavy atom. The predicted octanol–water partition coefficient (Wildman–Crippen LogP) is 2.57. The summed E-state index contributed by atoms with van der Waals surface area (Å²) in [5, 5.41) is 8.82. The van der Waals surface area contributed by atoms with Gasteiger partial charge < -0.3 is 9.84 Å². The number of carboxylic acid groups (broad SMARTS) is 1. The van der Waals surface area contributed by atoms with E-state index in [2.05, 4.69) is 17.7 Å². The zero-order valence-electron chi connectivity index (χ0n) is 10.3. The van der Waals surface area contributed by atoms with Gasteiger partial charge in [0.05, 0.1) is 5.92 Å². The molecule has 0 heterocycles. The van der Waals surface area contributed by atoms with E-state index in [0.29, 0.717) is 0 Å². The lowest BCUT2D eigenvalue weighted by molar-refractivity contribution is -0.139. The molecule has 3 heteroatoms. The number of hydrogen-bond donors (Lipinski definition) is 1. The van der Waals surface area contributed by atoms with Crippen molar-refractivity contribution >= 4 is 5.97 Å². The average molecular weight is 214 g/mol. The lowest BCUT2D eigenvalue weighted by Crippen LogP contribution is -2.02. The summed E-state index contributed by atoms with van der Waals surface area (Å²) in [4.78, 5) is 10.7. The first-order valence-corrected chi connectivity index (χ1v) is 5.23. The van der Waals surface area contributed by atoms with Crippen molar-refractivity contribution in [2.75, 3.05) is 14.2 Å². The third-order valence-electron chi connectivity index (χ3n) is 2.76. The van der Waals surface area contributed by atoms with E-state index < -0.39 is 5.97 Å². The standard InChI is InChI=1S/C10H16O2.C2H6O/c1-4-5-6-7-8(9(11)12)10(7,2)3;1-3-2/h5-8H,4H2,1-3H3,(H,11,12);1-2H3/b6-5+;. The number of methoxy groups -OCH3 is 1. The Morgan fingerprint density at radius 3 is 2.20 bits per heavy atom. The Balaban J connectivity index is 0.000000583. The molecule has 0 saturated heterocycles. The van der Waals surface area contributed by atoms with Gasteiger partial charge in [0.25, 0.3) is 0 Å². The largest absolute Gasteiger partial charge is 0.481 e.